The molecule has 1 saturated heterocycles. The summed E-state index contributed by atoms with van der Waals surface area (Å²) >= 11 is 0. The molecule has 2 heterocycles. The molecule has 2 aromatic rings. The molecule has 0 aliphatic carbocycles. The predicted molar refractivity (Wildman–Crippen MR) is 119 cm³/mol. The normalized spacial score (nSPS) is 15.1. The molecule has 3 amide bonds. The van der Waals surface area contributed by atoms with Crippen molar-refractivity contribution in [2.75, 3.05) is 23.3 Å². The molecule has 1 aliphatic rings. The number of rotatable bonds is 6. The highest BCUT2D eigenvalue weighted by atomic mass is 16.2. The summed E-state index contributed by atoms with van der Waals surface area (Å²) in [5.41, 5.74) is 2.59. The van der Waals surface area contributed by atoms with E-state index in [2.05, 4.69) is 25.8 Å². The molecule has 0 saturated carbocycles. The van der Waals surface area contributed by atoms with Gasteiger partial charge in [-0.25, -0.2) is 9.78 Å². The molecule has 1 atom stereocenters. The van der Waals surface area contributed by atoms with Crippen LogP contribution in [0.5, 0.6) is 0 Å². The van der Waals surface area contributed by atoms with Gasteiger partial charge in [0.1, 0.15) is 5.82 Å². The van der Waals surface area contributed by atoms with Crippen LogP contribution < -0.4 is 20.9 Å². The number of carbonyl (C=O) groups excluding carboxylic acids is 2. The topological polar surface area (TPSA) is 86.4 Å². The first-order valence-corrected chi connectivity index (χ1v) is 10.6. The SMILES string of the molecule is CC(=O)Nc1cccc(C(C)NC(=O)NCc2ccc(N3CCCCCC3)nc2)c1. The van der Waals surface area contributed by atoms with Crippen LogP contribution in [0.4, 0.5) is 16.3 Å². The van der Waals surface area contributed by atoms with E-state index in [0.29, 0.717) is 12.2 Å². The Labute approximate surface area is 178 Å². The number of nitrogens with zero attached hydrogens (tertiary/aromatic N) is 2. The highest BCUT2D eigenvalue weighted by molar-refractivity contribution is 5.88. The van der Waals surface area contributed by atoms with Crippen LogP contribution in [-0.4, -0.2) is 30.0 Å². The van der Waals surface area contributed by atoms with Gasteiger partial charge < -0.3 is 20.9 Å². The number of pyridine rings is 1. The minimum atomic E-state index is -0.246. The van der Waals surface area contributed by atoms with Gasteiger partial charge in [0, 0.05) is 38.4 Å². The number of benzene rings is 1. The second kappa shape index (κ2) is 10.6. The standard InChI is InChI=1S/C23H31N5O2/c1-17(20-8-7-9-21(14-20)27-18(2)29)26-23(30)25-16-19-10-11-22(24-15-19)28-12-5-3-4-6-13-28/h7-11,14-15,17H,3-6,12-13,16H2,1-2H3,(H,27,29)(H2,25,26,30). The predicted octanol–water partition coefficient (Wildman–Crippen LogP) is 3.98. The fourth-order valence-electron chi connectivity index (χ4n) is 3.61. The third-order valence-corrected chi connectivity index (χ3v) is 5.25. The van der Waals surface area contributed by atoms with Crippen molar-refractivity contribution in [2.24, 2.45) is 0 Å². The van der Waals surface area contributed by atoms with E-state index in [-0.39, 0.29) is 18.0 Å². The first-order chi connectivity index (χ1) is 14.5. The molecule has 0 radical (unpaired) electrons. The Morgan fingerprint density at radius 1 is 1.10 bits per heavy atom. The third kappa shape index (κ3) is 6.47. The van der Waals surface area contributed by atoms with E-state index in [1.807, 2.05) is 49.5 Å². The van der Waals surface area contributed by atoms with Crippen molar-refractivity contribution in [2.45, 2.75) is 52.1 Å². The smallest absolute Gasteiger partial charge is 0.315 e. The van der Waals surface area contributed by atoms with Gasteiger partial charge in [0.05, 0.1) is 6.04 Å². The van der Waals surface area contributed by atoms with Gasteiger partial charge in [0.2, 0.25) is 5.91 Å². The van der Waals surface area contributed by atoms with Crippen molar-refractivity contribution < 1.29 is 9.59 Å². The van der Waals surface area contributed by atoms with Crippen molar-refractivity contribution in [1.82, 2.24) is 15.6 Å². The van der Waals surface area contributed by atoms with E-state index in [1.54, 1.807) is 0 Å². The Hall–Kier alpha value is -3.09. The van der Waals surface area contributed by atoms with Crippen LogP contribution in [0.25, 0.3) is 0 Å². The molecule has 1 unspecified atom stereocenters. The number of anilines is 2. The maximum atomic E-state index is 12.3. The molecule has 1 fully saturated rings. The first-order valence-electron chi connectivity index (χ1n) is 10.6. The molecular formula is C23H31N5O2. The second-order valence-corrected chi connectivity index (χ2v) is 7.78. The van der Waals surface area contributed by atoms with Crippen molar-refractivity contribution in [3.63, 3.8) is 0 Å². The monoisotopic (exact) mass is 409 g/mol. The molecule has 30 heavy (non-hydrogen) atoms. The summed E-state index contributed by atoms with van der Waals surface area (Å²) in [5, 5.41) is 8.56. The number of amides is 3. The van der Waals surface area contributed by atoms with Crippen molar-refractivity contribution in [1.29, 1.82) is 0 Å². The summed E-state index contributed by atoms with van der Waals surface area (Å²) < 4.78 is 0. The highest BCUT2D eigenvalue weighted by Gasteiger charge is 2.12. The average molecular weight is 410 g/mol. The molecule has 7 heteroatoms. The molecule has 160 valence electrons. The minimum absolute atomic E-state index is 0.124. The summed E-state index contributed by atoms with van der Waals surface area (Å²) in [5.74, 6) is 0.888. The summed E-state index contributed by atoms with van der Waals surface area (Å²) in [6, 6.07) is 11.1. The molecule has 0 bridgehead atoms. The van der Waals surface area contributed by atoms with E-state index in [1.165, 1.54) is 32.6 Å². The van der Waals surface area contributed by atoms with Crippen LogP contribution in [0.1, 0.15) is 56.7 Å². The number of nitrogens with one attached hydrogen (secondary N) is 3. The Morgan fingerprint density at radius 3 is 2.53 bits per heavy atom. The van der Waals surface area contributed by atoms with Gasteiger partial charge in [-0.2, -0.15) is 0 Å². The van der Waals surface area contributed by atoms with Crippen LogP contribution in [0.15, 0.2) is 42.6 Å². The van der Waals surface area contributed by atoms with Gasteiger partial charge in [-0.05, 0) is 49.1 Å². The number of hydrogen-bond donors (Lipinski definition) is 3. The maximum absolute atomic E-state index is 12.3. The zero-order valence-electron chi connectivity index (χ0n) is 17.8. The van der Waals surface area contributed by atoms with E-state index < -0.39 is 0 Å². The van der Waals surface area contributed by atoms with Crippen LogP contribution in [0.2, 0.25) is 0 Å². The first kappa shape index (κ1) is 21.6. The summed E-state index contributed by atoms with van der Waals surface area (Å²) in [6.07, 6.45) is 6.86. The lowest BCUT2D eigenvalue weighted by atomic mass is 10.1. The summed E-state index contributed by atoms with van der Waals surface area (Å²) in [6.45, 7) is 5.92. The zero-order valence-corrected chi connectivity index (χ0v) is 17.8. The molecule has 3 N–H and O–H groups in total. The summed E-state index contributed by atoms with van der Waals surface area (Å²) in [4.78, 5) is 30.4. The highest BCUT2D eigenvalue weighted by Crippen LogP contribution is 2.18. The largest absolute Gasteiger partial charge is 0.357 e. The van der Waals surface area contributed by atoms with Gasteiger partial charge in [0.15, 0.2) is 0 Å². The lowest BCUT2D eigenvalue weighted by Gasteiger charge is -2.21. The average Bonchev–Trinajstić information content (AvgIpc) is 3.02. The van der Waals surface area contributed by atoms with Gasteiger partial charge in [0.25, 0.3) is 0 Å². The van der Waals surface area contributed by atoms with E-state index in [4.69, 9.17) is 0 Å². The molecular weight excluding hydrogens is 378 g/mol. The summed E-state index contributed by atoms with van der Waals surface area (Å²) in [7, 11) is 0. The van der Waals surface area contributed by atoms with Crippen molar-refractivity contribution >= 4 is 23.4 Å². The molecule has 3 rings (SSSR count). The Kier molecular flexibility index (Phi) is 7.65. The Bertz CT molecular complexity index is 845. The zero-order chi connectivity index (χ0) is 21.3. The van der Waals surface area contributed by atoms with Crippen molar-refractivity contribution in [3.8, 4) is 0 Å². The van der Waals surface area contributed by atoms with Crippen LogP contribution >= 0.6 is 0 Å². The van der Waals surface area contributed by atoms with E-state index >= 15 is 0 Å². The van der Waals surface area contributed by atoms with Gasteiger partial charge in [-0.3, -0.25) is 4.79 Å². The number of urea groups is 1. The molecule has 7 nitrogen and oxygen atoms in total. The molecule has 1 aromatic heterocycles. The molecule has 1 aromatic carbocycles. The van der Waals surface area contributed by atoms with Crippen molar-refractivity contribution in [3.05, 3.63) is 53.7 Å². The second-order valence-electron chi connectivity index (χ2n) is 7.78. The number of aromatic nitrogens is 1. The third-order valence-electron chi connectivity index (χ3n) is 5.25. The van der Waals surface area contributed by atoms with Crippen LogP contribution in [-0.2, 0) is 11.3 Å². The fourth-order valence-corrected chi connectivity index (χ4v) is 3.61. The lowest BCUT2D eigenvalue weighted by molar-refractivity contribution is -0.114. The van der Waals surface area contributed by atoms with Gasteiger partial charge in [-0.1, -0.05) is 31.0 Å². The molecule has 1 aliphatic heterocycles. The minimum Gasteiger partial charge on any atom is -0.357 e. The quantitative estimate of drug-likeness (QED) is 0.674. The van der Waals surface area contributed by atoms with E-state index in [9.17, 15) is 9.59 Å². The number of carbonyl (C=O) groups is 2. The maximum Gasteiger partial charge on any atom is 0.315 e. The fraction of sp³-hybridized carbons (Fsp3) is 0.435. The van der Waals surface area contributed by atoms with Gasteiger partial charge in [-0.15, -0.1) is 0 Å². The lowest BCUT2D eigenvalue weighted by Crippen LogP contribution is -2.36. The molecule has 0 spiro atoms. The Morgan fingerprint density at radius 2 is 1.87 bits per heavy atom. The van der Waals surface area contributed by atoms with Crippen LogP contribution in [0.3, 0.4) is 0 Å². The van der Waals surface area contributed by atoms with E-state index in [0.717, 1.165) is 30.0 Å². The van der Waals surface area contributed by atoms with Crippen LogP contribution in [0, 0.1) is 0 Å². The number of hydrogen-bond acceptors (Lipinski definition) is 4. The Balaban J connectivity index is 1.48. The van der Waals surface area contributed by atoms with Gasteiger partial charge >= 0.3 is 6.03 Å².